The van der Waals surface area contributed by atoms with Gasteiger partial charge < -0.3 is 15.2 Å². The Balaban J connectivity index is 1.39. The van der Waals surface area contributed by atoms with E-state index in [9.17, 15) is 14.9 Å². The molecule has 0 atom stereocenters. The molecule has 1 fully saturated rings. The zero-order chi connectivity index (χ0) is 22.2. The third-order valence-electron chi connectivity index (χ3n) is 6.43. The molecule has 0 radical (unpaired) electrons. The van der Waals surface area contributed by atoms with Crippen LogP contribution in [0, 0.1) is 10.1 Å². The summed E-state index contributed by atoms with van der Waals surface area (Å²) in [5.74, 6) is -0.242. The van der Waals surface area contributed by atoms with Crippen molar-refractivity contribution in [3.63, 3.8) is 0 Å². The molecule has 1 aromatic heterocycles. The number of hydrogen-bond donors (Lipinski definition) is 2. The summed E-state index contributed by atoms with van der Waals surface area (Å²) in [6.45, 7) is 3.42. The number of aromatic amines is 1. The number of H-pyrrole nitrogens is 1. The molecule has 1 saturated carbocycles. The number of benzene rings is 2. The zero-order valence-corrected chi connectivity index (χ0v) is 18.1. The van der Waals surface area contributed by atoms with Crippen LogP contribution in [0.5, 0.6) is 0 Å². The van der Waals surface area contributed by atoms with Crippen molar-refractivity contribution in [2.24, 2.45) is 0 Å². The number of amides is 1. The second-order valence-electron chi connectivity index (χ2n) is 8.53. The van der Waals surface area contributed by atoms with Gasteiger partial charge in [-0.3, -0.25) is 14.9 Å². The van der Waals surface area contributed by atoms with Gasteiger partial charge in [-0.05, 0) is 49.0 Å². The van der Waals surface area contributed by atoms with Crippen LogP contribution in [-0.4, -0.2) is 34.9 Å². The Morgan fingerprint density at radius 3 is 2.81 bits per heavy atom. The summed E-state index contributed by atoms with van der Waals surface area (Å²) >= 11 is 0. The largest absolute Gasteiger partial charge is 0.362 e. The minimum Gasteiger partial charge on any atom is -0.362 e. The Morgan fingerprint density at radius 2 is 2.12 bits per heavy atom. The molecule has 2 aromatic carbocycles. The number of rotatable bonds is 6. The van der Waals surface area contributed by atoms with Crippen LogP contribution in [0.4, 0.5) is 11.4 Å². The Labute approximate surface area is 186 Å². The second kappa shape index (κ2) is 8.15. The fraction of sp³-hybridized carbons (Fsp3) is 0.320. The number of hydrogen-bond acceptors (Lipinski definition) is 4. The van der Waals surface area contributed by atoms with Crippen LogP contribution >= 0.6 is 0 Å². The van der Waals surface area contributed by atoms with Crippen LogP contribution in [-0.2, 0) is 6.42 Å². The number of nitrogens with zero attached hydrogens (tertiary/aromatic N) is 2. The lowest BCUT2D eigenvalue weighted by atomic mass is 9.97. The number of nitro benzene ring substituents is 1. The highest BCUT2D eigenvalue weighted by Gasteiger charge is 2.27. The number of carbonyl (C=O) groups is 1. The van der Waals surface area contributed by atoms with E-state index in [2.05, 4.69) is 47.7 Å². The maximum atomic E-state index is 12.3. The smallest absolute Gasteiger partial charge is 0.293 e. The van der Waals surface area contributed by atoms with E-state index in [0.717, 1.165) is 25.7 Å². The third kappa shape index (κ3) is 3.75. The third-order valence-corrected chi connectivity index (χ3v) is 6.43. The lowest BCUT2D eigenvalue weighted by Crippen LogP contribution is -2.29. The highest BCUT2D eigenvalue weighted by Crippen LogP contribution is 2.35. The molecule has 164 valence electrons. The van der Waals surface area contributed by atoms with E-state index in [1.54, 1.807) is 12.1 Å². The number of aromatic nitrogens is 1. The Bertz CT molecular complexity index is 1240. The minimum atomic E-state index is -0.394. The van der Waals surface area contributed by atoms with Crippen molar-refractivity contribution in [2.75, 3.05) is 18.0 Å². The lowest BCUT2D eigenvalue weighted by molar-refractivity contribution is -0.384. The summed E-state index contributed by atoms with van der Waals surface area (Å²) in [6, 6.07) is 11.4. The van der Waals surface area contributed by atoms with Gasteiger partial charge in [-0.1, -0.05) is 31.2 Å². The number of carbonyl (C=O) groups excluding carboxylic acids is 1. The van der Waals surface area contributed by atoms with Gasteiger partial charge >= 0.3 is 0 Å². The molecule has 2 aliphatic rings. The number of para-hydroxylation sites is 1. The average molecular weight is 431 g/mol. The van der Waals surface area contributed by atoms with Crippen LogP contribution in [0.3, 0.4) is 0 Å². The van der Waals surface area contributed by atoms with E-state index in [4.69, 9.17) is 0 Å². The molecule has 3 aromatic rings. The molecule has 1 aliphatic carbocycles. The summed E-state index contributed by atoms with van der Waals surface area (Å²) in [4.78, 5) is 29.1. The molecular formula is C25H26N4O3. The normalized spacial score (nSPS) is 16.2. The quantitative estimate of drug-likeness (QED) is 0.433. The van der Waals surface area contributed by atoms with Gasteiger partial charge in [-0.25, -0.2) is 0 Å². The zero-order valence-electron chi connectivity index (χ0n) is 18.1. The van der Waals surface area contributed by atoms with Crippen molar-refractivity contribution in [1.29, 1.82) is 0 Å². The molecule has 32 heavy (non-hydrogen) atoms. The van der Waals surface area contributed by atoms with Gasteiger partial charge in [0.2, 0.25) is 0 Å². The molecule has 0 bridgehead atoms. The van der Waals surface area contributed by atoms with Crippen LogP contribution in [0.15, 0.2) is 48.7 Å². The van der Waals surface area contributed by atoms with Crippen molar-refractivity contribution in [1.82, 2.24) is 10.3 Å². The monoisotopic (exact) mass is 430 g/mol. The van der Waals surface area contributed by atoms with E-state index < -0.39 is 4.92 Å². The van der Waals surface area contributed by atoms with E-state index in [1.165, 1.54) is 33.7 Å². The lowest BCUT2D eigenvalue weighted by Gasteiger charge is -2.28. The number of anilines is 1. The van der Waals surface area contributed by atoms with Gasteiger partial charge in [0, 0.05) is 53.4 Å². The van der Waals surface area contributed by atoms with Crippen LogP contribution in [0.2, 0.25) is 0 Å². The Hall–Kier alpha value is -3.61. The first-order valence-corrected chi connectivity index (χ1v) is 11.2. The first-order chi connectivity index (χ1) is 15.5. The summed E-state index contributed by atoms with van der Waals surface area (Å²) in [7, 11) is 0. The molecule has 2 heterocycles. The van der Waals surface area contributed by atoms with Crippen molar-refractivity contribution in [3.05, 3.63) is 75.5 Å². The van der Waals surface area contributed by atoms with Gasteiger partial charge in [0.15, 0.2) is 0 Å². The second-order valence-corrected chi connectivity index (χ2v) is 8.53. The average Bonchev–Trinajstić information content (AvgIpc) is 3.53. The summed E-state index contributed by atoms with van der Waals surface area (Å²) in [5.41, 5.74) is 5.81. The highest BCUT2D eigenvalue weighted by atomic mass is 16.6. The molecule has 5 rings (SSSR count). The molecule has 0 unspecified atom stereocenters. The predicted octanol–water partition coefficient (Wildman–Crippen LogP) is 4.82. The van der Waals surface area contributed by atoms with Gasteiger partial charge in [0.25, 0.3) is 11.6 Å². The fourth-order valence-electron chi connectivity index (χ4n) is 4.48. The van der Waals surface area contributed by atoms with E-state index in [0.29, 0.717) is 24.3 Å². The first-order valence-electron chi connectivity index (χ1n) is 11.2. The molecule has 0 spiro atoms. The standard InChI is InChI=1S/C25H26N4O3/c1-2-16-4-3-5-20-21(15-26-24(16)20)17-10-12-28(13-11-17)22-9-6-18(14-23(22)29(31)32)25(30)27-19-7-8-19/h3-6,9-10,14-15,19,26H,2,7-8,11-13H2,1H3,(H,27,30). The van der Waals surface area contributed by atoms with Crippen molar-refractivity contribution >= 4 is 33.8 Å². The summed E-state index contributed by atoms with van der Waals surface area (Å²) in [5, 5.41) is 15.9. The number of nitrogens with one attached hydrogen (secondary N) is 2. The topological polar surface area (TPSA) is 91.3 Å². The number of nitro groups is 1. The molecule has 7 heteroatoms. The Kier molecular flexibility index (Phi) is 5.17. The van der Waals surface area contributed by atoms with Crippen molar-refractivity contribution in [2.45, 2.75) is 38.6 Å². The van der Waals surface area contributed by atoms with Crippen LogP contribution in [0.25, 0.3) is 16.5 Å². The molecule has 1 aliphatic heterocycles. The fourth-order valence-corrected chi connectivity index (χ4v) is 4.48. The van der Waals surface area contributed by atoms with E-state index in [1.807, 2.05) is 4.90 Å². The highest BCUT2D eigenvalue weighted by molar-refractivity contribution is 5.96. The molecule has 2 N–H and O–H groups in total. The minimum absolute atomic E-state index is 0.0232. The predicted molar refractivity (Wildman–Crippen MR) is 126 cm³/mol. The molecule has 1 amide bonds. The maximum absolute atomic E-state index is 12.3. The van der Waals surface area contributed by atoms with Gasteiger partial charge in [-0.2, -0.15) is 0 Å². The SMILES string of the molecule is CCc1cccc2c(C3=CCN(c4ccc(C(=O)NC5CC5)cc4[N+](=O)[O-])CC3)c[nH]c12. The van der Waals surface area contributed by atoms with Crippen LogP contribution in [0.1, 0.15) is 47.7 Å². The molecular weight excluding hydrogens is 404 g/mol. The van der Waals surface area contributed by atoms with Gasteiger partial charge in [0.05, 0.1) is 4.92 Å². The number of aryl methyl sites for hydroxylation is 1. The molecule has 7 nitrogen and oxygen atoms in total. The number of fused-ring (bicyclic) bond motifs is 1. The van der Waals surface area contributed by atoms with Gasteiger partial charge in [0.1, 0.15) is 5.69 Å². The summed E-state index contributed by atoms with van der Waals surface area (Å²) in [6.07, 6.45) is 7.95. The van der Waals surface area contributed by atoms with Gasteiger partial charge in [-0.15, -0.1) is 0 Å². The molecule has 0 saturated heterocycles. The van der Waals surface area contributed by atoms with Crippen LogP contribution < -0.4 is 10.2 Å². The Morgan fingerprint density at radius 1 is 1.28 bits per heavy atom. The van der Waals surface area contributed by atoms with Crippen molar-refractivity contribution < 1.29 is 9.72 Å². The maximum Gasteiger partial charge on any atom is 0.293 e. The summed E-state index contributed by atoms with van der Waals surface area (Å²) < 4.78 is 0. The van der Waals surface area contributed by atoms with E-state index in [-0.39, 0.29) is 17.6 Å². The van der Waals surface area contributed by atoms with Crippen molar-refractivity contribution in [3.8, 4) is 0 Å². The van der Waals surface area contributed by atoms with E-state index >= 15 is 0 Å². The first kappa shape index (κ1) is 20.3.